The number of rotatable bonds is 8. The van der Waals surface area contributed by atoms with Gasteiger partial charge in [0.1, 0.15) is 17.9 Å². The molecule has 0 aliphatic carbocycles. The van der Waals surface area contributed by atoms with Crippen LogP contribution in [0.3, 0.4) is 0 Å². The molecule has 3 heterocycles. The van der Waals surface area contributed by atoms with Gasteiger partial charge in [0.2, 0.25) is 0 Å². The van der Waals surface area contributed by atoms with E-state index in [0.29, 0.717) is 22.9 Å². The van der Waals surface area contributed by atoms with E-state index in [4.69, 9.17) is 21.3 Å². The summed E-state index contributed by atoms with van der Waals surface area (Å²) in [6.45, 7) is 8.20. The van der Waals surface area contributed by atoms with Crippen molar-refractivity contribution in [1.82, 2.24) is 19.4 Å². The highest BCUT2D eigenvalue weighted by Gasteiger charge is 2.15. The largest absolute Gasteiger partial charge is 0.487 e. The van der Waals surface area contributed by atoms with Gasteiger partial charge in [-0.25, -0.2) is 4.98 Å². The van der Waals surface area contributed by atoms with Gasteiger partial charge in [0.15, 0.2) is 0 Å². The van der Waals surface area contributed by atoms with Crippen molar-refractivity contribution >= 4 is 28.2 Å². The lowest BCUT2D eigenvalue weighted by atomic mass is 10.0. The van der Waals surface area contributed by atoms with Crippen LogP contribution in [0.4, 0.5) is 0 Å². The molecule has 0 radical (unpaired) electrons. The Morgan fingerprint density at radius 3 is 2.75 bits per heavy atom. The van der Waals surface area contributed by atoms with Crippen LogP contribution in [0.2, 0.25) is 5.02 Å². The Kier molecular flexibility index (Phi) is 7.55. The Morgan fingerprint density at radius 2 is 2.00 bits per heavy atom. The highest BCUT2D eigenvalue weighted by Crippen LogP contribution is 2.32. The summed E-state index contributed by atoms with van der Waals surface area (Å²) in [5, 5.41) is 1.47. The molecule has 7 heteroatoms. The highest BCUT2D eigenvalue weighted by molar-refractivity contribution is 6.31. The Balaban J connectivity index is 1.72. The fraction of sp³-hybridized carbons (Fsp3) is 0.207. The van der Waals surface area contributed by atoms with Crippen LogP contribution in [0.15, 0.2) is 78.5 Å². The van der Waals surface area contributed by atoms with Crippen LogP contribution in [0.5, 0.6) is 5.75 Å². The molecule has 0 saturated carbocycles. The topological polar surface area (TPSA) is 60.3 Å². The first-order chi connectivity index (χ1) is 17.3. The third-order valence-corrected chi connectivity index (χ3v) is 6.31. The van der Waals surface area contributed by atoms with Gasteiger partial charge in [0.05, 0.1) is 11.6 Å². The molecule has 0 atom stereocenters. The van der Waals surface area contributed by atoms with Crippen molar-refractivity contribution in [1.29, 1.82) is 0 Å². The molecule has 0 fully saturated rings. The standard InChI is InChI=1S/C29H29ClN4O2/c1-6-9-26(33(4)5)23-14-20(3)32-28-22(23)11-7-12-27(28)36-18-24-21(15-31-16-25(24)30)17-34-13-8-10-19(2)29(34)35/h6-16H,1,17-18H2,2-5H3/b26-9-. The van der Waals surface area contributed by atoms with Crippen LogP contribution in [0, 0.1) is 13.8 Å². The van der Waals surface area contributed by atoms with Crippen molar-refractivity contribution in [3.63, 3.8) is 0 Å². The van der Waals surface area contributed by atoms with E-state index in [0.717, 1.165) is 39.0 Å². The van der Waals surface area contributed by atoms with Gasteiger partial charge < -0.3 is 14.2 Å². The van der Waals surface area contributed by atoms with Crippen LogP contribution >= 0.6 is 11.6 Å². The molecule has 184 valence electrons. The molecule has 0 spiro atoms. The predicted molar refractivity (Wildman–Crippen MR) is 146 cm³/mol. The second kappa shape index (κ2) is 10.8. The first-order valence-electron chi connectivity index (χ1n) is 11.6. The minimum absolute atomic E-state index is 0.0464. The van der Waals surface area contributed by atoms with E-state index in [1.807, 2.05) is 51.4 Å². The fourth-order valence-electron chi connectivity index (χ4n) is 4.18. The second-order valence-corrected chi connectivity index (χ2v) is 9.22. The van der Waals surface area contributed by atoms with Crippen LogP contribution in [0.25, 0.3) is 16.6 Å². The maximum absolute atomic E-state index is 12.6. The van der Waals surface area contributed by atoms with E-state index in [9.17, 15) is 4.79 Å². The molecule has 36 heavy (non-hydrogen) atoms. The van der Waals surface area contributed by atoms with Gasteiger partial charge in [-0.1, -0.05) is 42.5 Å². The van der Waals surface area contributed by atoms with E-state index in [-0.39, 0.29) is 12.2 Å². The summed E-state index contributed by atoms with van der Waals surface area (Å²) in [5.74, 6) is 0.653. The number of halogens is 1. The lowest BCUT2D eigenvalue weighted by molar-refractivity contribution is 0.307. The normalized spacial score (nSPS) is 11.5. The van der Waals surface area contributed by atoms with Crippen molar-refractivity contribution in [2.24, 2.45) is 0 Å². The molecule has 3 aromatic heterocycles. The third kappa shape index (κ3) is 5.19. The number of ether oxygens (including phenoxy) is 1. The number of para-hydroxylation sites is 1. The second-order valence-electron chi connectivity index (χ2n) is 8.82. The maximum Gasteiger partial charge on any atom is 0.253 e. The number of aryl methyl sites for hydroxylation is 2. The Hall–Kier alpha value is -3.90. The summed E-state index contributed by atoms with van der Waals surface area (Å²) in [4.78, 5) is 23.7. The van der Waals surface area contributed by atoms with Gasteiger partial charge in [0.25, 0.3) is 5.56 Å². The lowest BCUT2D eigenvalue weighted by Crippen LogP contribution is -2.22. The molecule has 0 bridgehead atoms. The van der Waals surface area contributed by atoms with Crippen molar-refractivity contribution in [2.75, 3.05) is 14.1 Å². The van der Waals surface area contributed by atoms with Gasteiger partial charge in [-0.2, -0.15) is 0 Å². The molecule has 0 amide bonds. The average Bonchev–Trinajstić information content (AvgIpc) is 2.84. The molecule has 0 aliphatic heterocycles. The van der Waals surface area contributed by atoms with Crippen LogP contribution in [0.1, 0.15) is 27.9 Å². The lowest BCUT2D eigenvalue weighted by Gasteiger charge is -2.20. The molecule has 0 N–H and O–H groups in total. The zero-order valence-electron chi connectivity index (χ0n) is 21.0. The van der Waals surface area contributed by atoms with E-state index in [1.54, 1.807) is 42.2 Å². The van der Waals surface area contributed by atoms with Crippen molar-refractivity contribution in [3.8, 4) is 5.75 Å². The van der Waals surface area contributed by atoms with Crippen molar-refractivity contribution in [2.45, 2.75) is 27.0 Å². The van der Waals surface area contributed by atoms with Gasteiger partial charge in [-0.3, -0.25) is 9.78 Å². The maximum atomic E-state index is 12.6. The summed E-state index contributed by atoms with van der Waals surface area (Å²) in [5.41, 5.74) is 5.97. The number of pyridine rings is 3. The number of hydrogen-bond acceptors (Lipinski definition) is 5. The number of benzene rings is 1. The summed E-state index contributed by atoms with van der Waals surface area (Å²) < 4.78 is 7.96. The van der Waals surface area contributed by atoms with Gasteiger partial charge in [-0.05, 0) is 43.7 Å². The molecule has 4 aromatic rings. The van der Waals surface area contributed by atoms with E-state index in [1.165, 1.54) is 0 Å². The molecule has 0 aliphatic rings. The molecule has 0 unspecified atom stereocenters. The summed E-state index contributed by atoms with van der Waals surface area (Å²) >= 11 is 6.54. The summed E-state index contributed by atoms with van der Waals surface area (Å²) in [7, 11) is 4.01. The molecule has 1 aromatic carbocycles. The van der Waals surface area contributed by atoms with Gasteiger partial charge >= 0.3 is 0 Å². The highest BCUT2D eigenvalue weighted by atomic mass is 35.5. The molecular formula is C29H29ClN4O2. The van der Waals surface area contributed by atoms with Crippen molar-refractivity contribution in [3.05, 3.63) is 117 Å². The monoisotopic (exact) mass is 500 g/mol. The number of aromatic nitrogens is 3. The van der Waals surface area contributed by atoms with Crippen molar-refractivity contribution < 1.29 is 4.74 Å². The summed E-state index contributed by atoms with van der Waals surface area (Å²) in [6.07, 6.45) is 8.85. The van der Waals surface area contributed by atoms with E-state index in [2.05, 4.69) is 22.5 Å². The van der Waals surface area contributed by atoms with Crippen LogP contribution < -0.4 is 10.3 Å². The van der Waals surface area contributed by atoms with E-state index < -0.39 is 0 Å². The average molecular weight is 501 g/mol. The number of allylic oxidation sites excluding steroid dienone is 2. The van der Waals surface area contributed by atoms with Crippen LogP contribution in [-0.4, -0.2) is 33.5 Å². The minimum atomic E-state index is -0.0464. The van der Waals surface area contributed by atoms with Gasteiger partial charge in [0, 0.05) is 66.2 Å². The first-order valence-corrected chi connectivity index (χ1v) is 12.0. The Morgan fingerprint density at radius 1 is 1.19 bits per heavy atom. The SMILES string of the molecule is C=C/C=C(/c1cc(C)nc2c(OCc3c(Cl)cncc3Cn3cccc(C)c3=O)cccc12)N(C)C. The third-order valence-electron chi connectivity index (χ3n) is 5.98. The quantitative estimate of drug-likeness (QED) is 0.287. The zero-order valence-corrected chi connectivity index (χ0v) is 21.7. The molecule has 6 nitrogen and oxygen atoms in total. The molecule has 4 rings (SSSR count). The summed E-state index contributed by atoms with van der Waals surface area (Å²) in [6, 6.07) is 11.6. The molecule has 0 saturated heterocycles. The van der Waals surface area contributed by atoms with Gasteiger partial charge in [-0.15, -0.1) is 0 Å². The number of nitrogens with zero attached hydrogens (tertiary/aromatic N) is 4. The predicted octanol–water partition coefficient (Wildman–Crippen LogP) is 5.78. The fourth-order valence-corrected chi connectivity index (χ4v) is 4.42. The zero-order chi connectivity index (χ0) is 25.8. The Bertz CT molecular complexity index is 1520. The van der Waals surface area contributed by atoms with Crippen LogP contribution in [-0.2, 0) is 13.2 Å². The number of hydrogen-bond donors (Lipinski definition) is 0. The number of fused-ring (bicyclic) bond motifs is 1. The Labute approximate surface area is 216 Å². The first kappa shape index (κ1) is 25.2. The minimum Gasteiger partial charge on any atom is -0.487 e. The molecular weight excluding hydrogens is 472 g/mol. The smallest absolute Gasteiger partial charge is 0.253 e. The van der Waals surface area contributed by atoms with E-state index >= 15 is 0 Å².